The molecule has 41 heavy (non-hydrogen) atoms. The van der Waals surface area contributed by atoms with Gasteiger partial charge in [0.05, 0.1) is 18.7 Å². The number of halogens is 4. The molecule has 0 aliphatic carbocycles. The third-order valence-corrected chi connectivity index (χ3v) is 6.82. The molecule has 5 rings (SSSR count). The molecule has 0 radical (unpaired) electrons. The summed E-state index contributed by atoms with van der Waals surface area (Å²) in [5.41, 5.74) is 4.51. The minimum Gasteiger partial charge on any atom is -0.459 e. The SMILES string of the molecule is C[C@]1(F)CCN(C(=O)c2ccc(-c3cc(C(F)(F)F)c4oc(CNC(=O)/C=C/c5ccc(N)nc5)cc4c3)cc2)C1. The van der Waals surface area contributed by atoms with Crippen LogP contribution < -0.4 is 11.1 Å². The van der Waals surface area contributed by atoms with E-state index in [0.717, 1.165) is 6.07 Å². The van der Waals surface area contributed by atoms with Gasteiger partial charge in [-0.25, -0.2) is 9.37 Å². The summed E-state index contributed by atoms with van der Waals surface area (Å²) in [7, 11) is 0. The third kappa shape index (κ3) is 6.40. The van der Waals surface area contributed by atoms with Gasteiger partial charge in [-0.15, -0.1) is 0 Å². The number of nitrogen functional groups attached to an aromatic ring is 1. The van der Waals surface area contributed by atoms with Crippen LogP contribution in [0.25, 0.3) is 28.2 Å². The molecular formula is C30H26F4N4O3. The molecule has 0 saturated carbocycles. The van der Waals surface area contributed by atoms with Crippen LogP contribution in [0.2, 0.25) is 0 Å². The van der Waals surface area contributed by atoms with E-state index >= 15 is 0 Å². The molecule has 2 aromatic heterocycles. The summed E-state index contributed by atoms with van der Waals surface area (Å²) in [4.78, 5) is 30.3. The summed E-state index contributed by atoms with van der Waals surface area (Å²) in [6, 6.07) is 13.4. The van der Waals surface area contributed by atoms with Gasteiger partial charge in [0.25, 0.3) is 5.91 Å². The van der Waals surface area contributed by atoms with E-state index in [4.69, 9.17) is 10.2 Å². The number of nitrogens with two attached hydrogens (primary N) is 1. The van der Waals surface area contributed by atoms with E-state index in [2.05, 4.69) is 10.3 Å². The molecule has 212 valence electrons. The lowest BCUT2D eigenvalue weighted by molar-refractivity contribution is -0.136. The largest absolute Gasteiger partial charge is 0.459 e. The van der Waals surface area contributed by atoms with Crippen molar-refractivity contribution < 1.29 is 31.6 Å². The smallest absolute Gasteiger partial charge is 0.420 e. The quantitative estimate of drug-likeness (QED) is 0.220. The number of amides is 2. The monoisotopic (exact) mass is 566 g/mol. The van der Waals surface area contributed by atoms with Crippen LogP contribution in [0.5, 0.6) is 0 Å². The number of anilines is 1. The maximum absolute atomic E-state index is 14.2. The number of alkyl halides is 4. The van der Waals surface area contributed by atoms with Gasteiger partial charge in [-0.2, -0.15) is 13.2 Å². The van der Waals surface area contributed by atoms with Crippen LogP contribution in [0.1, 0.15) is 40.6 Å². The molecule has 0 unspecified atom stereocenters. The van der Waals surface area contributed by atoms with Gasteiger partial charge < -0.3 is 20.4 Å². The minimum atomic E-state index is -4.70. The number of fused-ring (bicyclic) bond motifs is 1. The Labute approximate surface area is 232 Å². The molecule has 2 aromatic carbocycles. The minimum absolute atomic E-state index is 0.00117. The Morgan fingerprint density at radius 2 is 1.88 bits per heavy atom. The average molecular weight is 567 g/mol. The maximum Gasteiger partial charge on any atom is 0.420 e. The van der Waals surface area contributed by atoms with Crippen molar-refractivity contribution in [3.05, 3.63) is 89.3 Å². The van der Waals surface area contributed by atoms with Crippen LogP contribution in [0.15, 0.2) is 71.3 Å². The molecule has 1 fully saturated rings. The lowest BCUT2D eigenvalue weighted by atomic mass is 9.99. The van der Waals surface area contributed by atoms with Crippen molar-refractivity contribution >= 4 is 34.7 Å². The molecule has 0 spiro atoms. The molecule has 2 amide bonds. The van der Waals surface area contributed by atoms with Crippen molar-refractivity contribution in [3.63, 3.8) is 0 Å². The molecule has 1 saturated heterocycles. The number of carbonyl (C=O) groups excluding carboxylic acids is 2. The Kier molecular flexibility index (Phi) is 7.29. The normalized spacial score (nSPS) is 17.4. The lowest BCUT2D eigenvalue weighted by Crippen LogP contribution is -2.31. The van der Waals surface area contributed by atoms with E-state index in [-0.39, 0.29) is 47.7 Å². The fraction of sp³-hybridized carbons (Fsp3) is 0.233. The van der Waals surface area contributed by atoms with Gasteiger partial charge in [0.15, 0.2) is 0 Å². The molecule has 1 atom stereocenters. The molecule has 11 heteroatoms. The summed E-state index contributed by atoms with van der Waals surface area (Å²) in [6.07, 6.45) is -0.160. The number of hydrogen-bond donors (Lipinski definition) is 2. The molecule has 3 N–H and O–H groups in total. The van der Waals surface area contributed by atoms with Crippen molar-refractivity contribution in [3.8, 4) is 11.1 Å². The van der Waals surface area contributed by atoms with Gasteiger partial charge in [0.2, 0.25) is 5.91 Å². The van der Waals surface area contributed by atoms with Crippen molar-refractivity contribution in [1.29, 1.82) is 0 Å². The van der Waals surface area contributed by atoms with Crippen LogP contribution in [-0.2, 0) is 17.5 Å². The first kappa shape index (κ1) is 27.9. The van der Waals surface area contributed by atoms with E-state index < -0.39 is 23.3 Å². The first-order chi connectivity index (χ1) is 19.4. The van der Waals surface area contributed by atoms with Crippen LogP contribution in [0, 0.1) is 0 Å². The van der Waals surface area contributed by atoms with E-state index in [0.29, 0.717) is 29.1 Å². The second kappa shape index (κ2) is 10.7. The predicted octanol–water partition coefficient (Wildman–Crippen LogP) is 6.00. The maximum atomic E-state index is 14.2. The first-order valence-corrected chi connectivity index (χ1v) is 12.8. The number of pyridine rings is 1. The number of benzene rings is 2. The molecule has 1 aliphatic heterocycles. The average Bonchev–Trinajstić information content (AvgIpc) is 3.52. The number of carbonyl (C=O) groups is 2. The number of nitrogens with zero attached hydrogens (tertiary/aromatic N) is 2. The van der Waals surface area contributed by atoms with Crippen LogP contribution >= 0.6 is 0 Å². The zero-order valence-electron chi connectivity index (χ0n) is 22.0. The number of aromatic nitrogens is 1. The molecule has 7 nitrogen and oxygen atoms in total. The fourth-order valence-electron chi connectivity index (χ4n) is 4.68. The predicted molar refractivity (Wildman–Crippen MR) is 146 cm³/mol. The van der Waals surface area contributed by atoms with Crippen molar-refractivity contribution in [2.45, 2.75) is 31.7 Å². The molecule has 3 heterocycles. The van der Waals surface area contributed by atoms with Crippen LogP contribution in [0.3, 0.4) is 0 Å². The van der Waals surface area contributed by atoms with Crippen LogP contribution in [0.4, 0.5) is 23.4 Å². The zero-order chi connectivity index (χ0) is 29.4. The molecule has 0 bridgehead atoms. The van der Waals surface area contributed by atoms with Gasteiger partial charge in [0.1, 0.15) is 22.8 Å². The highest BCUT2D eigenvalue weighted by Crippen LogP contribution is 2.39. The topological polar surface area (TPSA) is 101 Å². The lowest BCUT2D eigenvalue weighted by Gasteiger charge is -2.18. The number of hydrogen-bond acceptors (Lipinski definition) is 5. The van der Waals surface area contributed by atoms with Gasteiger partial charge in [-0.3, -0.25) is 9.59 Å². The summed E-state index contributed by atoms with van der Waals surface area (Å²) in [5, 5.41) is 2.80. The standard InChI is InChI=1S/C30H26F4N4O3/c1-29(31)10-11-38(17-29)28(40)20-6-4-19(5-7-20)21-12-22-13-23(41-27(22)24(14-21)30(32,33)34)16-37-26(39)9-3-18-2-8-25(35)36-15-18/h2-9,12-15H,10-11,16-17H2,1H3,(H2,35,36)(H,37,39)/b9-3+/t29-/m0/s1. The Morgan fingerprint density at radius 1 is 1.12 bits per heavy atom. The third-order valence-electron chi connectivity index (χ3n) is 6.82. The Bertz CT molecular complexity index is 1620. The number of nitrogens with one attached hydrogen (secondary N) is 1. The van der Waals surface area contributed by atoms with E-state index in [1.165, 1.54) is 48.4 Å². The molecule has 4 aromatic rings. The molecule has 1 aliphatic rings. The van der Waals surface area contributed by atoms with Crippen molar-refractivity contribution in [1.82, 2.24) is 15.2 Å². The number of furan rings is 1. The Morgan fingerprint density at radius 3 is 2.51 bits per heavy atom. The van der Waals surface area contributed by atoms with Crippen molar-refractivity contribution in [2.75, 3.05) is 18.8 Å². The highest BCUT2D eigenvalue weighted by molar-refractivity contribution is 5.95. The van der Waals surface area contributed by atoms with Crippen molar-refractivity contribution in [2.24, 2.45) is 0 Å². The van der Waals surface area contributed by atoms with Gasteiger partial charge in [-0.05, 0) is 72.2 Å². The first-order valence-electron chi connectivity index (χ1n) is 12.8. The second-order valence-corrected chi connectivity index (χ2v) is 10.2. The Hall–Kier alpha value is -4.67. The van der Waals surface area contributed by atoms with E-state index in [1.54, 1.807) is 30.3 Å². The molecular weight excluding hydrogens is 540 g/mol. The highest BCUT2D eigenvalue weighted by atomic mass is 19.4. The summed E-state index contributed by atoms with van der Waals surface area (Å²) >= 11 is 0. The number of likely N-dealkylation sites (tertiary alicyclic amines) is 1. The summed E-state index contributed by atoms with van der Waals surface area (Å²) in [6.45, 7) is 1.62. The Balaban J connectivity index is 1.34. The van der Waals surface area contributed by atoms with Gasteiger partial charge >= 0.3 is 6.18 Å². The second-order valence-electron chi connectivity index (χ2n) is 10.2. The van der Waals surface area contributed by atoms with E-state index in [1.807, 2.05) is 0 Å². The van der Waals surface area contributed by atoms with Crippen LogP contribution in [-0.4, -0.2) is 40.5 Å². The summed E-state index contributed by atoms with van der Waals surface area (Å²) < 4.78 is 61.7. The highest BCUT2D eigenvalue weighted by Gasteiger charge is 2.37. The summed E-state index contributed by atoms with van der Waals surface area (Å²) in [5.74, 6) is -0.316. The van der Waals surface area contributed by atoms with Gasteiger partial charge in [-0.1, -0.05) is 12.1 Å². The zero-order valence-corrected chi connectivity index (χ0v) is 22.0. The van der Waals surface area contributed by atoms with E-state index in [9.17, 15) is 27.2 Å². The van der Waals surface area contributed by atoms with Gasteiger partial charge in [0, 0.05) is 36.2 Å². The fourth-order valence-corrected chi connectivity index (χ4v) is 4.68. The number of rotatable bonds is 6.